The van der Waals surface area contributed by atoms with Gasteiger partial charge in [-0.15, -0.1) is 0 Å². The summed E-state index contributed by atoms with van der Waals surface area (Å²) in [6.45, 7) is 1.95. The summed E-state index contributed by atoms with van der Waals surface area (Å²) in [5.41, 5.74) is 9.26. The molecule has 2 aromatic carbocycles. The first kappa shape index (κ1) is 14.0. The minimum atomic E-state index is 0.675. The standard InChI is InChI=1S/C15H14ClN3OS/c1-8-5-12(13(20-2)7-10(8)16)19-15-18-11-4-3-9(17)6-14(11)21-15/h3-7H,17H2,1-2H3,(H,18,19). The zero-order valence-corrected chi connectivity index (χ0v) is 13.2. The fourth-order valence-electron chi connectivity index (χ4n) is 2.04. The van der Waals surface area contributed by atoms with Gasteiger partial charge in [-0.3, -0.25) is 0 Å². The number of aromatic nitrogens is 1. The maximum Gasteiger partial charge on any atom is 0.188 e. The molecule has 0 saturated carbocycles. The van der Waals surface area contributed by atoms with Crippen molar-refractivity contribution in [2.75, 3.05) is 18.2 Å². The van der Waals surface area contributed by atoms with Crippen molar-refractivity contribution in [1.82, 2.24) is 4.98 Å². The molecule has 0 atom stereocenters. The third kappa shape index (κ3) is 2.75. The van der Waals surface area contributed by atoms with E-state index in [1.807, 2.05) is 31.2 Å². The van der Waals surface area contributed by atoms with Gasteiger partial charge in [0.15, 0.2) is 5.13 Å². The summed E-state index contributed by atoms with van der Waals surface area (Å²) in [5.74, 6) is 0.685. The highest BCUT2D eigenvalue weighted by molar-refractivity contribution is 7.22. The molecule has 1 aromatic heterocycles. The maximum atomic E-state index is 6.11. The third-order valence-electron chi connectivity index (χ3n) is 3.13. The van der Waals surface area contributed by atoms with Gasteiger partial charge >= 0.3 is 0 Å². The molecule has 6 heteroatoms. The number of hydrogen-bond acceptors (Lipinski definition) is 5. The third-order valence-corrected chi connectivity index (χ3v) is 4.48. The zero-order valence-electron chi connectivity index (χ0n) is 11.6. The van der Waals surface area contributed by atoms with Crippen LogP contribution in [0.3, 0.4) is 0 Å². The number of rotatable bonds is 3. The van der Waals surface area contributed by atoms with Gasteiger partial charge in [0.2, 0.25) is 0 Å². The first-order valence-electron chi connectivity index (χ1n) is 6.34. The van der Waals surface area contributed by atoms with Crippen LogP contribution in [0.5, 0.6) is 5.75 Å². The largest absolute Gasteiger partial charge is 0.495 e. The average Bonchev–Trinajstić information content (AvgIpc) is 2.84. The van der Waals surface area contributed by atoms with E-state index in [0.717, 1.165) is 32.3 Å². The molecule has 1 heterocycles. The molecular weight excluding hydrogens is 306 g/mol. The molecule has 0 bridgehead atoms. The minimum absolute atomic E-state index is 0.675. The van der Waals surface area contributed by atoms with E-state index in [9.17, 15) is 0 Å². The Balaban J connectivity index is 2.00. The lowest BCUT2D eigenvalue weighted by Crippen LogP contribution is -1.95. The van der Waals surface area contributed by atoms with Gasteiger partial charge in [0.25, 0.3) is 0 Å². The predicted octanol–water partition coefficient (Wildman–Crippen LogP) is 4.59. The topological polar surface area (TPSA) is 60.2 Å². The molecule has 0 spiro atoms. The summed E-state index contributed by atoms with van der Waals surface area (Å²) in [7, 11) is 1.62. The van der Waals surface area contributed by atoms with Crippen molar-refractivity contribution in [3.63, 3.8) is 0 Å². The van der Waals surface area contributed by atoms with Crippen molar-refractivity contribution in [1.29, 1.82) is 0 Å². The number of methoxy groups -OCH3 is 1. The molecule has 4 nitrogen and oxygen atoms in total. The summed E-state index contributed by atoms with van der Waals surface area (Å²) in [6, 6.07) is 9.42. The van der Waals surface area contributed by atoms with Gasteiger partial charge in [0.1, 0.15) is 5.75 Å². The number of thiazole rings is 1. The molecule has 0 amide bonds. The number of nitrogen functional groups attached to an aromatic ring is 1. The highest BCUT2D eigenvalue weighted by atomic mass is 35.5. The number of anilines is 3. The minimum Gasteiger partial charge on any atom is -0.495 e. The Morgan fingerprint density at radius 2 is 2.10 bits per heavy atom. The van der Waals surface area contributed by atoms with Crippen LogP contribution in [-0.4, -0.2) is 12.1 Å². The smallest absolute Gasteiger partial charge is 0.188 e. The lowest BCUT2D eigenvalue weighted by atomic mass is 10.2. The number of aryl methyl sites for hydroxylation is 1. The molecule has 0 aliphatic carbocycles. The number of nitrogens with zero attached hydrogens (tertiary/aromatic N) is 1. The fourth-order valence-corrected chi connectivity index (χ4v) is 3.12. The van der Waals surface area contributed by atoms with Crippen molar-refractivity contribution in [2.24, 2.45) is 0 Å². The van der Waals surface area contributed by atoms with E-state index in [0.29, 0.717) is 10.8 Å². The van der Waals surface area contributed by atoms with Crippen LogP contribution in [-0.2, 0) is 0 Å². The number of hydrogen-bond donors (Lipinski definition) is 2. The first-order chi connectivity index (χ1) is 10.1. The summed E-state index contributed by atoms with van der Waals surface area (Å²) < 4.78 is 6.40. The molecule has 0 unspecified atom stereocenters. The Bertz CT molecular complexity index is 816. The molecule has 3 aromatic rings. The van der Waals surface area contributed by atoms with Gasteiger partial charge in [-0.05, 0) is 36.8 Å². The van der Waals surface area contributed by atoms with Crippen LogP contribution in [0.2, 0.25) is 5.02 Å². The Kier molecular flexibility index (Phi) is 3.61. The Hall–Kier alpha value is -1.98. The molecule has 108 valence electrons. The summed E-state index contributed by atoms with van der Waals surface area (Å²) >= 11 is 7.66. The number of halogens is 1. The van der Waals surface area contributed by atoms with E-state index >= 15 is 0 Å². The van der Waals surface area contributed by atoms with Gasteiger partial charge in [-0.2, -0.15) is 0 Å². The van der Waals surface area contributed by atoms with Gasteiger partial charge < -0.3 is 15.8 Å². The van der Waals surface area contributed by atoms with Crippen molar-refractivity contribution >= 4 is 49.7 Å². The first-order valence-corrected chi connectivity index (χ1v) is 7.53. The highest BCUT2D eigenvalue weighted by Crippen LogP contribution is 2.35. The average molecular weight is 320 g/mol. The fraction of sp³-hybridized carbons (Fsp3) is 0.133. The van der Waals surface area contributed by atoms with E-state index in [4.69, 9.17) is 22.1 Å². The van der Waals surface area contributed by atoms with E-state index in [1.54, 1.807) is 24.5 Å². The van der Waals surface area contributed by atoms with Crippen LogP contribution in [0.1, 0.15) is 5.56 Å². The molecule has 3 N–H and O–H groups in total. The normalized spacial score (nSPS) is 10.8. The predicted molar refractivity (Wildman–Crippen MR) is 90.1 cm³/mol. The second-order valence-corrected chi connectivity index (χ2v) is 6.11. The van der Waals surface area contributed by atoms with E-state index in [2.05, 4.69) is 10.3 Å². The number of nitrogens with one attached hydrogen (secondary N) is 1. The molecule has 21 heavy (non-hydrogen) atoms. The van der Waals surface area contributed by atoms with Crippen LogP contribution < -0.4 is 15.8 Å². The van der Waals surface area contributed by atoms with Crippen molar-refractivity contribution in [3.8, 4) is 5.75 Å². The Morgan fingerprint density at radius 3 is 2.86 bits per heavy atom. The van der Waals surface area contributed by atoms with E-state index in [1.165, 1.54) is 0 Å². The van der Waals surface area contributed by atoms with Crippen LogP contribution >= 0.6 is 22.9 Å². The van der Waals surface area contributed by atoms with Gasteiger partial charge in [0, 0.05) is 16.8 Å². The Morgan fingerprint density at radius 1 is 1.29 bits per heavy atom. The quantitative estimate of drug-likeness (QED) is 0.693. The lowest BCUT2D eigenvalue weighted by Gasteiger charge is -2.11. The van der Waals surface area contributed by atoms with Gasteiger partial charge in [0.05, 0.1) is 23.0 Å². The van der Waals surface area contributed by atoms with E-state index < -0.39 is 0 Å². The molecule has 0 aliphatic heterocycles. The SMILES string of the molecule is COc1cc(Cl)c(C)cc1Nc1nc2ccc(N)cc2s1. The molecule has 0 aliphatic rings. The maximum absolute atomic E-state index is 6.11. The van der Waals surface area contributed by atoms with Crippen LogP contribution in [0.25, 0.3) is 10.2 Å². The molecular formula is C15H14ClN3OS. The van der Waals surface area contributed by atoms with Crippen molar-refractivity contribution in [3.05, 3.63) is 40.9 Å². The molecule has 3 rings (SSSR count). The van der Waals surface area contributed by atoms with Crippen LogP contribution in [0.4, 0.5) is 16.5 Å². The van der Waals surface area contributed by atoms with Gasteiger partial charge in [-0.1, -0.05) is 22.9 Å². The lowest BCUT2D eigenvalue weighted by molar-refractivity contribution is 0.417. The number of fused-ring (bicyclic) bond motifs is 1. The number of nitrogens with two attached hydrogens (primary N) is 1. The summed E-state index contributed by atoms with van der Waals surface area (Å²) in [4.78, 5) is 4.54. The second-order valence-electron chi connectivity index (χ2n) is 4.67. The highest BCUT2D eigenvalue weighted by Gasteiger charge is 2.10. The molecule has 0 fully saturated rings. The zero-order chi connectivity index (χ0) is 15.0. The molecule has 0 radical (unpaired) electrons. The van der Waals surface area contributed by atoms with Crippen molar-refractivity contribution in [2.45, 2.75) is 6.92 Å². The summed E-state index contributed by atoms with van der Waals surface area (Å²) in [5, 5.41) is 4.75. The Labute approximate surface area is 131 Å². The molecule has 0 saturated heterocycles. The number of ether oxygens (including phenoxy) is 1. The monoisotopic (exact) mass is 319 g/mol. The van der Waals surface area contributed by atoms with E-state index in [-0.39, 0.29) is 0 Å². The number of benzene rings is 2. The summed E-state index contributed by atoms with van der Waals surface area (Å²) in [6.07, 6.45) is 0. The second kappa shape index (κ2) is 5.42. The van der Waals surface area contributed by atoms with Gasteiger partial charge in [-0.25, -0.2) is 4.98 Å². The van der Waals surface area contributed by atoms with Crippen molar-refractivity contribution < 1.29 is 4.74 Å². The van der Waals surface area contributed by atoms with Crippen LogP contribution in [0.15, 0.2) is 30.3 Å². The van der Waals surface area contributed by atoms with Crippen LogP contribution in [0, 0.1) is 6.92 Å².